The van der Waals surface area contributed by atoms with Gasteiger partial charge in [0.15, 0.2) is 0 Å². The van der Waals surface area contributed by atoms with Gasteiger partial charge in [-0.05, 0) is 25.5 Å². The zero-order chi connectivity index (χ0) is 14.3. The molecular formula is C15H17N3O2. The lowest BCUT2D eigenvalue weighted by Gasteiger charge is -2.21. The minimum Gasteiger partial charge on any atom is -0.369 e. The Balaban J connectivity index is 1.91. The molecule has 0 radical (unpaired) electrons. The maximum Gasteiger partial charge on any atom is 0.256 e. The summed E-state index contributed by atoms with van der Waals surface area (Å²) in [5.74, 6) is -0.395. The van der Waals surface area contributed by atoms with Gasteiger partial charge in [0, 0.05) is 24.7 Å². The fraction of sp³-hybridized carbons (Fsp3) is 0.333. The lowest BCUT2D eigenvalue weighted by molar-refractivity contribution is -0.126. The summed E-state index contributed by atoms with van der Waals surface area (Å²) >= 11 is 0. The molecule has 3 N–H and O–H groups in total. The fourth-order valence-corrected chi connectivity index (χ4v) is 2.77. The molecule has 1 aromatic carbocycles. The van der Waals surface area contributed by atoms with Crippen LogP contribution in [0.1, 0.15) is 23.7 Å². The maximum absolute atomic E-state index is 12.6. The first kappa shape index (κ1) is 12.7. The monoisotopic (exact) mass is 271 g/mol. The summed E-state index contributed by atoms with van der Waals surface area (Å²) < 4.78 is 0. The summed E-state index contributed by atoms with van der Waals surface area (Å²) in [7, 11) is 0. The molecule has 1 aliphatic heterocycles. The minimum absolute atomic E-state index is 0.0528. The Morgan fingerprint density at radius 3 is 2.85 bits per heavy atom. The number of nitrogens with two attached hydrogens (primary N) is 1. The Labute approximate surface area is 116 Å². The third-order valence-corrected chi connectivity index (χ3v) is 4.17. The molecule has 104 valence electrons. The van der Waals surface area contributed by atoms with Gasteiger partial charge in [-0.25, -0.2) is 0 Å². The Kier molecular flexibility index (Phi) is 2.78. The smallest absolute Gasteiger partial charge is 0.256 e. The molecule has 0 spiro atoms. The summed E-state index contributed by atoms with van der Waals surface area (Å²) in [5.41, 5.74) is 6.29. The van der Waals surface area contributed by atoms with Crippen molar-refractivity contribution in [3.8, 4) is 0 Å². The molecule has 0 saturated carbocycles. The zero-order valence-electron chi connectivity index (χ0n) is 11.3. The Morgan fingerprint density at radius 2 is 2.15 bits per heavy atom. The van der Waals surface area contributed by atoms with Gasteiger partial charge in [-0.15, -0.1) is 0 Å². The number of carbonyl (C=O) groups is 2. The number of hydrogen-bond donors (Lipinski definition) is 2. The quantitative estimate of drug-likeness (QED) is 0.868. The van der Waals surface area contributed by atoms with Crippen molar-refractivity contribution in [2.45, 2.75) is 13.3 Å². The molecule has 1 saturated heterocycles. The molecule has 2 heterocycles. The van der Waals surface area contributed by atoms with E-state index in [-0.39, 0.29) is 11.8 Å². The number of rotatable bonds is 2. The molecule has 1 fully saturated rings. The van der Waals surface area contributed by atoms with E-state index in [1.54, 1.807) is 11.0 Å². The van der Waals surface area contributed by atoms with Crippen LogP contribution in [0.2, 0.25) is 0 Å². The number of nitrogens with one attached hydrogen (secondary N) is 1. The first-order valence-corrected chi connectivity index (χ1v) is 6.66. The Hall–Kier alpha value is -2.30. The number of aromatic nitrogens is 1. The average molecular weight is 271 g/mol. The third-order valence-electron chi connectivity index (χ3n) is 4.17. The van der Waals surface area contributed by atoms with E-state index in [4.69, 9.17) is 5.73 Å². The van der Waals surface area contributed by atoms with Crippen molar-refractivity contribution in [2.75, 3.05) is 13.1 Å². The highest BCUT2D eigenvalue weighted by Gasteiger charge is 2.41. The number of benzene rings is 1. The highest BCUT2D eigenvalue weighted by molar-refractivity contribution is 6.06. The fourth-order valence-electron chi connectivity index (χ4n) is 2.77. The van der Waals surface area contributed by atoms with Crippen molar-refractivity contribution in [3.63, 3.8) is 0 Å². The standard InChI is InChI=1S/C15H17N3O2/c1-15(14(16)20)6-8-18(9-15)13(19)11-4-2-3-10-5-7-17-12(10)11/h2-5,7,17H,6,8-9H2,1H3,(H2,16,20). The molecule has 0 aliphatic carbocycles. The highest BCUT2D eigenvalue weighted by atomic mass is 16.2. The SMILES string of the molecule is CC1(C(N)=O)CCN(C(=O)c2cccc3cc[nH]c23)C1. The first-order chi connectivity index (χ1) is 9.51. The number of amides is 2. The molecule has 2 amide bonds. The number of hydrogen-bond acceptors (Lipinski definition) is 2. The van der Waals surface area contributed by atoms with E-state index in [9.17, 15) is 9.59 Å². The summed E-state index contributed by atoms with van der Waals surface area (Å²) in [6.45, 7) is 2.77. The average Bonchev–Trinajstić information content (AvgIpc) is 3.04. The van der Waals surface area contributed by atoms with E-state index in [0.29, 0.717) is 25.1 Å². The molecule has 20 heavy (non-hydrogen) atoms. The van der Waals surface area contributed by atoms with E-state index in [0.717, 1.165) is 10.9 Å². The molecule has 2 aromatic rings. The van der Waals surface area contributed by atoms with E-state index in [1.165, 1.54) is 0 Å². The number of para-hydroxylation sites is 1. The molecule has 1 unspecified atom stereocenters. The zero-order valence-corrected chi connectivity index (χ0v) is 11.3. The summed E-state index contributed by atoms with van der Waals surface area (Å²) in [6.07, 6.45) is 2.44. The van der Waals surface area contributed by atoms with Crippen LogP contribution in [0.5, 0.6) is 0 Å². The van der Waals surface area contributed by atoms with E-state index in [1.807, 2.05) is 31.3 Å². The van der Waals surface area contributed by atoms with E-state index < -0.39 is 5.41 Å². The van der Waals surface area contributed by atoms with Crippen molar-refractivity contribution in [1.82, 2.24) is 9.88 Å². The summed E-state index contributed by atoms with van der Waals surface area (Å²) in [4.78, 5) is 28.9. The normalized spacial score (nSPS) is 22.4. The molecule has 3 rings (SSSR count). The van der Waals surface area contributed by atoms with Gasteiger partial charge < -0.3 is 15.6 Å². The summed E-state index contributed by atoms with van der Waals surface area (Å²) in [5, 5.41) is 1.01. The number of aromatic amines is 1. The number of fused-ring (bicyclic) bond motifs is 1. The predicted molar refractivity (Wildman–Crippen MR) is 76.1 cm³/mol. The summed E-state index contributed by atoms with van der Waals surface area (Å²) in [6, 6.07) is 7.57. The van der Waals surface area contributed by atoms with Crippen LogP contribution >= 0.6 is 0 Å². The number of H-pyrrole nitrogens is 1. The van der Waals surface area contributed by atoms with Crippen molar-refractivity contribution >= 4 is 22.7 Å². The van der Waals surface area contributed by atoms with Crippen molar-refractivity contribution in [2.24, 2.45) is 11.1 Å². The van der Waals surface area contributed by atoms with E-state index in [2.05, 4.69) is 4.98 Å². The second-order valence-electron chi connectivity index (χ2n) is 5.65. The molecule has 1 atom stereocenters. The van der Waals surface area contributed by atoms with Crippen LogP contribution in [0.25, 0.3) is 10.9 Å². The van der Waals surface area contributed by atoms with Crippen LogP contribution in [0.15, 0.2) is 30.5 Å². The second-order valence-corrected chi connectivity index (χ2v) is 5.65. The van der Waals surface area contributed by atoms with Gasteiger partial charge >= 0.3 is 0 Å². The van der Waals surface area contributed by atoms with Crippen LogP contribution in [0.4, 0.5) is 0 Å². The number of likely N-dealkylation sites (tertiary alicyclic amines) is 1. The molecule has 1 aliphatic rings. The molecular weight excluding hydrogens is 254 g/mol. The molecule has 0 bridgehead atoms. The van der Waals surface area contributed by atoms with Gasteiger partial charge in [-0.1, -0.05) is 12.1 Å². The number of primary amides is 1. The van der Waals surface area contributed by atoms with Crippen LogP contribution in [-0.2, 0) is 4.79 Å². The first-order valence-electron chi connectivity index (χ1n) is 6.66. The van der Waals surface area contributed by atoms with Gasteiger partial charge in [-0.2, -0.15) is 0 Å². The predicted octanol–water partition coefficient (Wildman–Crippen LogP) is 1.51. The Morgan fingerprint density at radius 1 is 1.35 bits per heavy atom. The van der Waals surface area contributed by atoms with Crippen LogP contribution in [-0.4, -0.2) is 34.8 Å². The van der Waals surface area contributed by atoms with Gasteiger partial charge in [0.05, 0.1) is 16.5 Å². The third kappa shape index (κ3) is 1.86. The Bertz CT molecular complexity index is 691. The molecule has 5 heteroatoms. The largest absolute Gasteiger partial charge is 0.369 e. The van der Waals surface area contributed by atoms with Crippen molar-refractivity contribution in [3.05, 3.63) is 36.0 Å². The van der Waals surface area contributed by atoms with Crippen molar-refractivity contribution in [1.29, 1.82) is 0 Å². The van der Waals surface area contributed by atoms with Gasteiger partial charge in [-0.3, -0.25) is 9.59 Å². The number of carbonyl (C=O) groups excluding carboxylic acids is 2. The molecule has 1 aromatic heterocycles. The number of nitrogens with zero attached hydrogens (tertiary/aromatic N) is 1. The lowest BCUT2D eigenvalue weighted by atomic mass is 9.89. The van der Waals surface area contributed by atoms with Gasteiger partial charge in [0.2, 0.25) is 5.91 Å². The maximum atomic E-state index is 12.6. The van der Waals surface area contributed by atoms with Crippen molar-refractivity contribution < 1.29 is 9.59 Å². The lowest BCUT2D eigenvalue weighted by Crippen LogP contribution is -2.38. The van der Waals surface area contributed by atoms with Gasteiger partial charge in [0.1, 0.15) is 0 Å². The second kappa shape index (κ2) is 4.37. The van der Waals surface area contributed by atoms with E-state index >= 15 is 0 Å². The topological polar surface area (TPSA) is 79.2 Å². The van der Waals surface area contributed by atoms with Gasteiger partial charge in [0.25, 0.3) is 5.91 Å². The minimum atomic E-state index is -0.612. The highest BCUT2D eigenvalue weighted by Crippen LogP contribution is 2.31. The van der Waals surface area contributed by atoms with Crippen LogP contribution < -0.4 is 5.73 Å². The molecule has 5 nitrogen and oxygen atoms in total. The van der Waals surface area contributed by atoms with Crippen LogP contribution in [0, 0.1) is 5.41 Å². The van der Waals surface area contributed by atoms with Crippen LogP contribution in [0.3, 0.4) is 0 Å².